The standard InChI is InChI=1S/C30H25FN4O3/c31-24-13-11-22(12-14-24)27-28(32-19-21-9-5-2-6-10-21)35-16-15-23(18-26(35)34-27)29(36)33-25(30(37)38)17-20-7-3-1-4-8-20/h1-16,18,25,32H,17,19H2,(H,33,36)(H,37,38). The summed E-state index contributed by atoms with van der Waals surface area (Å²) < 4.78 is 15.4. The van der Waals surface area contributed by atoms with Gasteiger partial charge in [0.2, 0.25) is 0 Å². The Hall–Kier alpha value is -4.98. The molecule has 0 fully saturated rings. The molecule has 1 unspecified atom stereocenters. The van der Waals surface area contributed by atoms with Gasteiger partial charge in [-0.1, -0.05) is 60.7 Å². The number of carbonyl (C=O) groups excluding carboxylic acids is 1. The van der Waals surface area contributed by atoms with Crippen LogP contribution in [-0.2, 0) is 17.8 Å². The molecule has 8 heteroatoms. The van der Waals surface area contributed by atoms with Gasteiger partial charge in [0.05, 0.1) is 0 Å². The number of carboxylic acid groups (broad SMARTS) is 1. The first-order valence-electron chi connectivity index (χ1n) is 12.1. The molecule has 1 amide bonds. The monoisotopic (exact) mass is 508 g/mol. The van der Waals surface area contributed by atoms with Gasteiger partial charge in [-0.05, 0) is 47.5 Å². The molecule has 5 rings (SSSR count). The van der Waals surface area contributed by atoms with Crippen LogP contribution in [0.5, 0.6) is 0 Å². The third kappa shape index (κ3) is 5.54. The molecule has 5 aromatic rings. The molecule has 0 bridgehead atoms. The molecule has 2 aromatic heterocycles. The van der Waals surface area contributed by atoms with Crippen molar-refractivity contribution in [2.75, 3.05) is 5.32 Å². The fourth-order valence-corrected chi connectivity index (χ4v) is 4.24. The number of nitrogens with one attached hydrogen (secondary N) is 2. The highest BCUT2D eigenvalue weighted by atomic mass is 19.1. The number of rotatable bonds is 9. The van der Waals surface area contributed by atoms with E-state index in [2.05, 4.69) is 10.6 Å². The number of nitrogens with zero attached hydrogens (tertiary/aromatic N) is 2. The number of aromatic nitrogens is 2. The van der Waals surface area contributed by atoms with Crippen LogP contribution in [0.3, 0.4) is 0 Å². The number of anilines is 1. The maximum atomic E-state index is 13.6. The third-order valence-electron chi connectivity index (χ3n) is 6.19. The maximum Gasteiger partial charge on any atom is 0.326 e. The summed E-state index contributed by atoms with van der Waals surface area (Å²) >= 11 is 0. The molecule has 0 radical (unpaired) electrons. The van der Waals surface area contributed by atoms with Crippen molar-refractivity contribution in [1.29, 1.82) is 0 Å². The summed E-state index contributed by atoms with van der Waals surface area (Å²) in [5.74, 6) is -1.29. The van der Waals surface area contributed by atoms with Crippen molar-refractivity contribution in [2.24, 2.45) is 0 Å². The molecule has 0 aliphatic heterocycles. The molecular formula is C30H25FN4O3. The molecule has 0 aliphatic rings. The van der Waals surface area contributed by atoms with Crippen LogP contribution < -0.4 is 10.6 Å². The number of benzene rings is 3. The normalized spacial score (nSPS) is 11.7. The first-order valence-corrected chi connectivity index (χ1v) is 12.1. The highest BCUT2D eigenvalue weighted by molar-refractivity contribution is 5.97. The second-order valence-corrected chi connectivity index (χ2v) is 8.85. The fraction of sp³-hybridized carbons (Fsp3) is 0.100. The van der Waals surface area contributed by atoms with E-state index in [1.807, 2.05) is 65.1 Å². The van der Waals surface area contributed by atoms with E-state index in [-0.39, 0.29) is 17.8 Å². The number of halogens is 1. The first kappa shape index (κ1) is 24.7. The quantitative estimate of drug-likeness (QED) is 0.255. The van der Waals surface area contributed by atoms with E-state index < -0.39 is 17.9 Å². The lowest BCUT2D eigenvalue weighted by atomic mass is 10.1. The average molecular weight is 509 g/mol. The van der Waals surface area contributed by atoms with Gasteiger partial charge in [-0.15, -0.1) is 0 Å². The first-order chi connectivity index (χ1) is 18.5. The van der Waals surface area contributed by atoms with Gasteiger partial charge in [-0.3, -0.25) is 9.20 Å². The SMILES string of the molecule is O=C(NC(Cc1ccccc1)C(=O)O)c1ccn2c(NCc3ccccc3)c(-c3ccc(F)cc3)nc2c1. The van der Waals surface area contributed by atoms with Gasteiger partial charge in [0.1, 0.15) is 29.0 Å². The second kappa shape index (κ2) is 11.0. The fourth-order valence-electron chi connectivity index (χ4n) is 4.24. The van der Waals surface area contributed by atoms with E-state index in [4.69, 9.17) is 4.98 Å². The number of carboxylic acids is 1. The van der Waals surface area contributed by atoms with Crippen molar-refractivity contribution in [3.05, 3.63) is 126 Å². The van der Waals surface area contributed by atoms with E-state index >= 15 is 0 Å². The molecule has 2 heterocycles. The van der Waals surface area contributed by atoms with Gasteiger partial charge in [0, 0.05) is 30.3 Å². The minimum atomic E-state index is -1.12. The predicted molar refractivity (Wildman–Crippen MR) is 143 cm³/mol. The van der Waals surface area contributed by atoms with E-state index in [9.17, 15) is 19.1 Å². The number of hydrogen-bond donors (Lipinski definition) is 3. The Bertz CT molecular complexity index is 1570. The number of fused-ring (bicyclic) bond motifs is 1. The number of amides is 1. The Morgan fingerprint density at radius 2 is 1.55 bits per heavy atom. The number of hydrogen-bond acceptors (Lipinski definition) is 4. The Morgan fingerprint density at radius 3 is 2.21 bits per heavy atom. The summed E-state index contributed by atoms with van der Waals surface area (Å²) in [4.78, 5) is 29.6. The number of carbonyl (C=O) groups is 2. The second-order valence-electron chi connectivity index (χ2n) is 8.85. The van der Waals surface area contributed by atoms with E-state index in [0.29, 0.717) is 29.3 Å². The highest BCUT2D eigenvalue weighted by Gasteiger charge is 2.22. The smallest absolute Gasteiger partial charge is 0.326 e. The molecule has 190 valence electrons. The van der Waals surface area contributed by atoms with E-state index in [1.165, 1.54) is 12.1 Å². The number of aliphatic carboxylic acids is 1. The summed E-state index contributed by atoms with van der Waals surface area (Å²) in [6, 6.07) is 27.2. The lowest BCUT2D eigenvalue weighted by Crippen LogP contribution is -2.42. The minimum absolute atomic E-state index is 0.163. The van der Waals surface area contributed by atoms with Gasteiger partial charge in [0.15, 0.2) is 0 Å². The molecular weight excluding hydrogens is 483 g/mol. The maximum absolute atomic E-state index is 13.6. The van der Waals surface area contributed by atoms with E-state index in [0.717, 1.165) is 11.1 Å². The molecule has 0 saturated carbocycles. The van der Waals surface area contributed by atoms with Crippen molar-refractivity contribution in [3.8, 4) is 11.3 Å². The van der Waals surface area contributed by atoms with Crippen molar-refractivity contribution >= 4 is 23.3 Å². The molecule has 0 aliphatic carbocycles. The lowest BCUT2D eigenvalue weighted by Gasteiger charge is -2.15. The Kier molecular flexibility index (Phi) is 7.13. The topological polar surface area (TPSA) is 95.7 Å². The van der Waals surface area contributed by atoms with Gasteiger partial charge in [0.25, 0.3) is 5.91 Å². The van der Waals surface area contributed by atoms with Crippen LogP contribution in [-0.4, -0.2) is 32.4 Å². The molecule has 3 aromatic carbocycles. The van der Waals surface area contributed by atoms with Gasteiger partial charge >= 0.3 is 5.97 Å². The van der Waals surface area contributed by atoms with Crippen LogP contribution in [0, 0.1) is 5.82 Å². The van der Waals surface area contributed by atoms with Crippen molar-refractivity contribution < 1.29 is 19.1 Å². The number of pyridine rings is 1. The molecule has 38 heavy (non-hydrogen) atoms. The Morgan fingerprint density at radius 1 is 0.895 bits per heavy atom. The van der Waals surface area contributed by atoms with Crippen LogP contribution in [0.15, 0.2) is 103 Å². The zero-order valence-electron chi connectivity index (χ0n) is 20.3. The van der Waals surface area contributed by atoms with Crippen molar-refractivity contribution in [2.45, 2.75) is 19.0 Å². The van der Waals surface area contributed by atoms with E-state index in [1.54, 1.807) is 30.5 Å². The summed E-state index contributed by atoms with van der Waals surface area (Å²) in [6.07, 6.45) is 1.88. The number of imidazole rings is 1. The van der Waals surface area contributed by atoms with Crippen molar-refractivity contribution in [1.82, 2.24) is 14.7 Å². The predicted octanol–water partition coefficient (Wildman–Crippen LogP) is 5.18. The summed E-state index contributed by atoms with van der Waals surface area (Å²) in [7, 11) is 0. The Labute approximate surface area is 218 Å². The molecule has 0 saturated heterocycles. The van der Waals surface area contributed by atoms with Gasteiger partial charge < -0.3 is 15.7 Å². The van der Waals surface area contributed by atoms with Crippen LogP contribution in [0.25, 0.3) is 16.9 Å². The Balaban J connectivity index is 1.45. The zero-order chi connectivity index (χ0) is 26.5. The van der Waals surface area contributed by atoms with Crippen LogP contribution in [0.1, 0.15) is 21.5 Å². The molecule has 0 spiro atoms. The molecule has 7 nitrogen and oxygen atoms in total. The van der Waals surface area contributed by atoms with Gasteiger partial charge in [-0.25, -0.2) is 14.2 Å². The summed E-state index contributed by atoms with van der Waals surface area (Å²) in [6.45, 7) is 0.533. The van der Waals surface area contributed by atoms with Crippen LogP contribution >= 0.6 is 0 Å². The van der Waals surface area contributed by atoms with Gasteiger partial charge in [-0.2, -0.15) is 0 Å². The summed E-state index contributed by atoms with van der Waals surface area (Å²) in [5.41, 5.74) is 3.96. The van der Waals surface area contributed by atoms with Crippen LogP contribution in [0.4, 0.5) is 10.2 Å². The third-order valence-corrected chi connectivity index (χ3v) is 6.19. The molecule has 3 N–H and O–H groups in total. The van der Waals surface area contributed by atoms with Crippen molar-refractivity contribution in [3.63, 3.8) is 0 Å². The zero-order valence-corrected chi connectivity index (χ0v) is 20.3. The average Bonchev–Trinajstić information content (AvgIpc) is 3.30. The minimum Gasteiger partial charge on any atom is -0.480 e. The molecule has 1 atom stereocenters. The highest BCUT2D eigenvalue weighted by Crippen LogP contribution is 2.30. The lowest BCUT2D eigenvalue weighted by molar-refractivity contribution is -0.139. The summed E-state index contributed by atoms with van der Waals surface area (Å²) in [5, 5.41) is 15.7. The largest absolute Gasteiger partial charge is 0.480 e. The van der Waals surface area contributed by atoms with Crippen LogP contribution in [0.2, 0.25) is 0 Å².